The molecule has 0 unspecified atom stereocenters. The molecule has 7 heteroatoms. The molecule has 7 nitrogen and oxygen atoms in total. The van der Waals surface area contributed by atoms with Crippen molar-refractivity contribution >= 4 is 5.97 Å². The smallest absolute Gasteiger partial charge is 0.317 e. The first-order chi connectivity index (χ1) is 7.70. The largest absolute Gasteiger partial charge is 0.480 e. The Bertz CT molecular complexity index is 374. The summed E-state index contributed by atoms with van der Waals surface area (Å²) in [5.41, 5.74) is 0. The van der Waals surface area contributed by atoms with E-state index in [4.69, 9.17) is 5.11 Å². The Hall–Kier alpha value is -1.50. The first-order valence-corrected chi connectivity index (χ1v) is 5.41. The van der Waals surface area contributed by atoms with Gasteiger partial charge in [0, 0.05) is 0 Å². The van der Waals surface area contributed by atoms with Gasteiger partial charge in [0.25, 0.3) is 0 Å². The van der Waals surface area contributed by atoms with Crippen molar-refractivity contribution in [3.8, 4) is 0 Å². The van der Waals surface area contributed by atoms with Crippen LogP contribution in [0.2, 0.25) is 0 Å². The lowest BCUT2D eigenvalue weighted by atomic mass is 10.4. The zero-order chi connectivity index (χ0) is 11.5. The normalized spacial score (nSPS) is 15.6. The molecular weight excluding hydrogens is 210 g/mol. The molecule has 1 aromatic rings. The maximum Gasteiger partial charge on any atom is 0.317 e. The highest BCUT2D eigenvalue weighted by Gasteiger charge is 2.28. The highest BCUT2D eigenvalue weighted by Crippen LogP contribution is 2.34. The number of nitrogens with zero attached hydrogens (tertiary/aromatic N) is 5. The van der Waals surface area contributed by atoms with Crippen LogP contribution in [0.4, 0.5) is 0 Å². The number of aromatic nitrogens is 4. The number of hydrogen-bond acceptors (Lipinski definition) is 5. The number of carboxylic acid groups (broad SMARTS) is 1. The molecule has 1 N–H and O–H groups in total. The number of rotatable bonds is 6. The van der Waals surface area contributed by atoms with Crippen molar-refractivity contribution in [3.05, 3.63) is 5.82 Å². The lowest BCUT2D eigenvalue weighted by Crippen LogP contribution is -2.30. The van der Waals surface area contributed by atoms with E-state index >= 15 is 0 Å². The van der Waals surface area contributed by atoms with Gasteiger partial charge in [0.1, 0.15) is 0 Å². The molecule has 1 aliphatic rings. The molecule has 0 saturated heterocycles. The first-order valence-electron chi connectivity index (χ1n) is 5.41. The van der Waals surface area contributed by atoms with E-state index in [1.165, 1.54) is 0 Å². The third kappa shape index (κ3) is 2.54. The van der Waals surface area contributed by atoms with Crippen LogP contribution in [0.25, 0.3) is 0 Å². The van der Waals surface area contributed by atoms with Gasteiger partial charge in [-0.1, -0.05) is 6.92 Å². The maximum atomic E-state index is 10.6. The second-order valence-corrected chi connectivity index (χ2v) is 3.97. The van der Waals surface area contributed by atoms with Gasteiger partial charge in [0.2, 0.25) is 0 Å². The lowest BCUT2D eigenvalue weighted by Gasteiger charge is -2.16. The lowest BCUT2D eigenvalue weighted by molar-refractivity contribution is -0.138. The summed E-state index contributed by atoms with van der Waals surface area (Å²) in [6, 6.07) is 0.425. The molecule has 2 rings (SSSR count). The summed E-state index contributed by atoms with van der Waals surface area (Å²) in [7, 11) is 0. The van der Waals surface area contributed by atoms with Crippen LogP contribution in [-0.2, 0) is 11.3 Å². The predicted molar refractivity (Wildman–Crippen MR) is 54.7 cm³/mol. The summed E-state index contributed by atoms with van der Waals surface area (Å²) < 4.78 is 1.81. The molecule has 16 heavy (non-hydrogen) atoms. The second-order valence-electron chi connectivity index (χ2n) is 3.97. The van der Waals surface area contributed by atoms with Crippen molar-refractivity contribution in [3.63, 3.8) is 0 Å². The van der Waals surface area contributed by atoms with Crippen LogP contribution in [0.5, 0.6) is 0 Å². The van der Waals surface area contributed by atoms with Gasteiger partial charge in [-0.3, -0.25) is 9.69 Å². The minimum Gasteiger partial charge on any atom is -0.480 e. The Morgan fingerprint density at radius 1 is 1.62 bits per heavy atom. The molecule has 0 radical (unpaired) electrons. The molecular formula is C9H15N5O2. The van der Waals surface area contributed by atoms with Gasteiger partial charge in [-0.15, -0.1) is 5.10 Å². The monoisotopic (exact) mass is 225 g/mol. The summed E-state index contributed by atoms with van der Waals surface area (Å²) in [5, 5.41) is 20.2. The summed E-state index contributed by atoms with van der Waals surface area (Å²) in [4.78, 5) is 12.4. The summed E-state index contributed by atoms with van der Waals surface area (Å²) in [6.07, 6.45) is 2.23. The van der Waals surface area contributed by atoms with Gasteiger partial charge in [-0.25, -0.2) is 4.68 Å². The molecule has 1 aromatic heterocycles. The van der Waals surface area contributed by atoms with Crippen molar-refractivity contribution < 1.29 is 9.90 Å². The Balaban J connectivity index is 2.00. The van der Waals surface area contributed by atoms with Crippen LogP contribution in [0, 0.1) is 0 Å². The quantitative estimate of drug-likeness (QED) is 0.728. The number of carboxylic acids is 1. The Labute approximate surface area is 93.0 Å². The molecule has 0 aliphatic heterocycles. The highest BCUT2D eigenvalue weighted by atomic mass is 16.4. The second kappa shape index (κ2) is 4.56. The topological polar surface area (TPSA) is 84.1 Å². The van der Waals surface area contributed by atoms with Crippen LogP contribution in [0.15, 0.2) is 0 Å². The van der Waals surface area contributed by atoms with E-state index in [2.05, 4.69) is 15.5 Å². The van der Waals surface area contributed by atoms with Crippen LogP contribution in [0.1, 0.15) is 31.6 Å². The summed E-state index contributed by atoms with van der Waals surface area (Å²) in [5.74, 6) is -0.0714. The predicted octanol–water partition coefficient (Wildman–Crippen LogP) is -0.0855. The number of aliphatic carboxylic acids is 1. The molecule has 1 fully saturated rings. The molecule has 1 aliphatic carbocycles. The Morgan fingerprint density at radius 2 is 2.38 bits per heavy atom. The average molecular weight is 225 g/mol. The molecule has 0 aromatic carbocycles. The van der Waals surface area contributed by atoms with Gasteiger partial charge in [-0.05, 0) is 29.8 Å². The maximum absolute atomic E-state index is 10.6. The fourth-order valence-electron chi connectivity index (χ4n) is 1.59. The number of tetrazole rings is 1. The van der Waals surface area contributed by atoms with Crippen LogP contribution in [-0.4, -0.2) is 49.3 Å². The molecule has 0 bridgehead atoms. The molecule has 1 heterocycles. The number of hydrogen-bond donors (Lipinski definition) is 1. The molecule has 1 saturated carbocycles. The van der Waals surface area contributed by atoms with Crippen molar-refractivity contribution in [1.29, 1.82) is 0 Å². The van der Waals surface area contributed by atoms with E-state index in [0.29, 0.717) is 19.1 Å². The van der Waals surface area contributed by atoms with Crippen LogP contribution in [0.3, 0.4) is 0 Å². The molecule has 88 valence electrons. The SMILES string of the molecule is CCN(CC(=O)O)Cc1nnnn1C1CC1. The molecule has 0 atom stereocenters. The number of likely N-dealkylation sites (N-methyl/N-ethyl adjacent to an activating group) is 1. The first kappa shape index (κ1) is 11.0. The third-order valence-electron chi connectivity index (χ3n) is 2.62. The average Bonchev–Trinajstić information content (AvgIpc) is 2.98. The van der Waals surface area contributed by atoms with Crippen LogP contribution >= 0.6 is 0 Å². The van der Waals surface area contributed by atoms with E-state index in [9.17, 15) is 4.79 Å². The zero-order valence-corrected chi connectivity index (χ0v) is 9.20. The summed E-state index contributed by atoms with van der Waals surface area (Å²) in [6.45, 7) is 3.11. The molecule has 0 amide bonds. The van der Waals surface area contributed by atoms with Crippen molar-refractivity contribution in [2.75, 3.05) is 13.1 Å². The van der Waals surface area contributed by atoms with Gasteiger partial charge in [-0.2, -0.15) is 0 Å². The van der Waals surface area contributed by atoms with Crippen molar-refractivity contribution in [1.82, 2.24) is 25.1 Å². The van der Waals surface area contributed by atoms with E-state index in [-0.39, 0.29) is 6.54 Å². The zero-order valence-electron chi connectivity index (χ0n) is 9.20. The Morgan fingerprint density at radius 3 is 2.94 bits per heavy atom. The minimum atomic E-state index is -0.827. The minimum absolute atomic E-state index is 0.0219. The standard InChI is InChI=1S/C9H15N5O2/c1-2-13(6-9(15)16)5-8-10-11-12-14(8)7-3-4-7/h7H,2-6H2,1H3,(H,15,16). The van der Waals surface area contributed by atoms with Crippen molar-refractivity contribution in [2.45, 2.75) is 32.4 Å². The molecule has 0 spiro atoms. The Kier molecular flexibility index (Phi) is 3.14. The fraction of sp³-hybridized carbons (Fsp3) is 0.778. The third-order valence-corrected chi connectivity index (χ3v) is 2.62. The van der Waals surface area contributed by atoms with E-state index in [1.54, 1.807) is 4.90 Å². The van der Waals surface area contributed by atoms with Gasteiger partial charge in [0.15, 0.2) is 5.82 Å². The van der Waals surface area contributed by atoms with Gasteiger partial charge < -0.3 is 5.11 Å². The fourth-order valence-corrected chi connectivity index (χ4v) is 1.59. The van der Waals surface area contributed by atoms with E-state index < -0.39 is 5.97 Å². The summed E-state index contributed by atoms with van der Waals surface area (Å²) >= 11 is 0. The number of carbonyl (C=O) groups is 1. The highest BCUT2D eigenvalue weighted by molar-refractivity contribution is 5.69. The van der Waals surface area contributed by atoms with Crippen LogP contribution < -0.4 is 0 Å². The van der Waals surface area contributed by atoms with E-state index in [0.717, 1.165) is 18.7 Å². The van der Waals surface area contributed by atoms with Gasteiger partial charge >= 0.3 is 5.97 Å². The van der Waals surface area contributed by atoms with E-state index in [1.807, 2.05) is 11.6 Å². The van der Waals surface area contributed by atoms with Gasteiger partial charge in [0.05, 0.1) is 19.1 Å². The van der Waals surface area contributed by atoms with Crippen molar-refractivity contribution in [2.24, 2.45) is 0 Å².